The van der Waals surface area contributed by atoms with Gasteiger partial charge in [-0.25, -0.2) is 0 Å². The number of hydrogen-bond acceptors (Lipinski definition) is 2. The third-order valence-electron chi connectivity index (χ3n) is 10.7. The van der Waals surface area contributed by atoms with E-state index in [9.17, 15) is 0 Å². The quantitative estimate of drug-likeness (QED) is 0.173. The van der Waals surface area contributed by atoms with Gasteiger partial charge in [-0.15, -0.1) is 22.7 Å². The third-order valence-corrected chi connectivity index (χ3v) is 13.1. The Kier molecular flexibility index (Phi) is 5.29. The molecule has 2 nitrogen and oxygen atoms in total. The van der Waals surface area contributed by atoms with E-state index in [2.05, 4.69) is 167 Å². The fraction of sp³-hybridized carbons (Fsp3) is 0. The van der Waals surface area contributed by atoms with Gasteiger partial charge in [-0.2, -0.15) is 0 Å². The van der Waals surface area contributed by atoms with Gasteiger partial charge in [0, 0.05) is 63.9 Å². The first-order valence-corrected chi connectivity index (χ1v) is 18.6. The van der Waals surface area contributed by atoms with E-state index < -0.39 is 0 Å². The standard InChI is InChI=1S/C46H26N2S2/c1-5-13-39-31(9-1)35-21-23-37-33-11-3-7-15-41(33)49-45(37)43(35)47(39)29-19-17-28-26-30(20-18-27(28)25-29)48-40-14-6-2-10-32(40)36-22-24-38-34-12-4-8-16-42(34)50-46(38)44(36)48/h1-26H. The number of aromatic nitrogens is 2. The van der Waals surface area contributed by atoms with Crippen molar-refractivity contribution in [3.05, 3.63) is 158 Å². The van der Waals surface area contributed by atoms with Gasteiger partial charge in [-0.05, 0) is 59.3 Å². The van der Waals surface area contributed by atoms with E-state index >= 15 is 0 Å². The van der Waals surface area contributed by atoms with Crippen LogP contribution in [-0.4, -0.2) is 9.13 Å². The minimum Gasteiger partial charge on any atom is -0.308 e. The van der Waals surface area contributed by atoms with Gasteiger partial charge in [0.2, 0.25) is 0 Å². The summed E-state index contributed by atoms with van der Waals surface area (Å²) in [4.78, 5) is 0. The summed E-state index contributed by atoms with van der Waals surface area (Å²) in [6, 6.07) is 58.5. The molecule has 0 aliphatic rings. The van der Waals surface area contributed by atoms with Crippen molar-refractivity contribution in [3.8, 4) is 11.4 Å². The van der Waals surface area contributed by atoms with E-state index in [4.69, 9.17) is 0 Å². The summed E-state index contributed by atoms with van der Waals surface area (Å²) in [6.45, 7) is 0. The Morgan fingerprint density at radius 3 is 1.20 bits per heavy atom. The Balaban J connectivity index is 1.11. The van der Waals surface area contributed by atoms with Gasteiger partial charge in [0.25, 0.3) is 0 Å². The van der Waals surface area contributed by atoms with Crippen molar-refractivity contribution in [1.29, 1.82) is 0 Å². The number of fused-ring (bicyclic) bond motifs is 15. The van der Waals surface area contributed by atoms with Gasteiger partial charge < -0.3 is 9.13 Å². The molecule has 0 saturated heterocycles. The zero-order chi connectivity index (χ0) is 32.5. The van der Waals surface area contributed by atoms with Crippen LogP contribution in [0.2, 0.25) is 0 Å². The smallest absolute Gasteiger partial charge is 0.0719 e. The second kappa shape index (κ2) is 9.82. The molecule has 4 heterocycles. The Morgan fingerprint density at radius 1 is 0.320 bits per heavy atom. The highest BCUT2D eigenvalue weighted by atomic mass is 32.1. The summed E-state index contributed by atoms with van der Waals surface area (Å²) in [6.07, 6.45) is 0. The molecule has 4 heteroatoms. The van der Waals surface area contributed by atoms with Crippen molar-refractivity contribution in [1.82, 2.24) is 9.13 Å². The van der Waals surface area contributed by atoms with Gasteiger partial charge in [0.05, 0.1) is 31.5 Å². The molecular formula is C46H26N2S2. The summed E-state index contributed by atoms with van der Waals surface area (Å²) >= 11 is 3.80. The van der Waals surface area contributed by atoms with Crippen LogP contribution in [-0.2, 0) is 0 Å². The maximum absolute atomic E-state index is 2.49. The number of hydrogen-bond donors (Lipinski definition) is 0. The fourth-order valence-electron chi connectivity index (χ4n) is 8.50. The number of rotatable bonds is 2. The number of benzene rings is 8. The Bertz CT molecular complexity index is 3160. The van der Waals surface area contributed by atoms with Crippen LogP contribution in [0.5, 0.6) is 0 Å². The van der Waals surface area contributed by atoms with Crippen LogP contribution in [0.4, 0.5) is 0 Å². The molecule has 4 aromatic heterocycles. The van der Waals surface area contributed by atoms with Crippen LogP contribution < -0.4 is 0 Å². The van der Waals surface area contributed by atoms with E-state index in [1.807, 2.05) is 22.7 Å². The predicted octanol–water partition coefficient (Wildman–Crippen LogP) is 13.8. The largest absolute Gasteiger partial charge is 0.308 e. The summed E-state index contributed by atoms with van der Waals surface area (Å²) in [5.74, 6) is 0. The predicted molar refractivity (Wildman–Crippen MR) is 218 cm³/mol. The van der Waals surface area contributed by atoms with Crippen molar-refractivity contribution >= 4 is 117 Å². The molecule has 0 saturated carbocycles. The molecule has 0 fully saturated rings. The average Bonchev–Trinajstić information content (AvgIpc) is 3.92. The van der Waals surface area contributed by atoms with Gasteiger partial charge in [0.15, 0.2) is 0 Å². The van der Waals surface area contributed by atoms with Crippen LogP contribution in [0.15, 0.2) is 158 Å². The number of nitrogens with zero attached hydrogens (tertiary/aromatic N) is 2. The van der Waals surface area contributed by atoms with E-state index in [0.717, 1.165) is 0 Å². The van der Waals surface area contributed by atoms with Crippen LogP contribution in [0.25, 0.3) is 106 Å². The van der Waals surface area contributed by atoms with Crippen LogP contribution in [0, 0.1) is 0 Å². The van der Waals surface area contributed by atoms with E-state index in [0.29, 0.717) is 0 Å². The lowest BCUT2D eigenvalue weighted by Crippen LogP contribution is -1.96. The molecule has 0 radical (unpaired) electrons. The lowest BCUT2D eigenvalue weighted by Gasteiger charge is -2.12. The molecule has 8 aromatic carbocycles. The first-order valence-electron chi connectivity index (χ1n) is 17.0. The monoisotopic (exact) mass is 670 g/mol. The lowest BCUT2D eigenvalue weighted by atomic mass is 10.1. The molecule has 12 aromatic rings. The third kappa shape index (κ3) is 3.51. The molecule has 0 aliphatic heterocycles. The molecular weight excluding hydrogens is 645 g/mol. The van der Waals surface area contributed by atoms with Gasteiger partial charge in [0.1, 0.15) is 0 Å². The Hall–Kier alpha value is -5.94. The summed E-state index contributed by atoms with van der Waals surface area (Å²) < 4.78 is 10.3. The molecule has 232 valence electrons. The van der Waals surface area contributed by atoms with E-state index in [1.165, 1.54) is 106 Å². The maximum atomic E-state index is 2.49. The van der Waals surface area contributed by atoms with Crippen molar-refractivity contribution in [2.75, 3.05) is 0 Å². The molecule has 0 amide bonds. The summed E-state index contributed by atoms with van der Waals surface area (Å²) in [5, 5.41) is 12.9. The highest BCUT2D eigenvalue weighted by Gasteiger charge is 2.20. The molecule has 0 aliphatic carbocycles. The van der Waals surface area contributed by atoms with Crippen molar-refractivity contribution in [2.24, 2.45) is 0 Å². The first-order chi connectivity index (χ1) is 24.8. The van der Waals surface area contributed by atoms with Gasteiger partial charge in [-0.1, -0.05) is 109 Å². The highest BCUT2D eigenvalue weighted by Crippen LogP contribution is 2.45. The second-order valence-electron chi connectivity index (χ2n) is 13.3. The normalized spacial score (nSPS) is 12.4. The topological polar surface area (TPSA) is 9.86 Å². The number of para-hydroxylation sites is 2. The van der Waals surface area contributed by atoms with Crippen molar-refractivity contribution in [2.45, 2.75) is 0 Å². The Labute approximate surface area is 294 Å². The van der Waals surface area contributed by atoms with Crippen LogP contribution in [0.3, 0.4) is 0 Å². The molecule has 0 N–H and O–H groups in total. The molecule has 0 bridgehead atoms. The molecule has 50 heavy (non-hydrogen) atoms. The first kappa shape index (κ1) is 26.9. The Morgan fingerprint density at radius 2 is 0.720 bits per heavy atom. The average molecular weight is 671 g/mol. The SMILES string of the molecule is c1ccc2c(c1)sc1c2ccc2c3ccccc3n(-c3ccc4cc(-n5c6ccccc6c6ccc7c8ccccc8sc7c65)ccc4c3)c21. The van der Waals surface area contributed by atoms with Gasteiger partial charge >= 0.3 is 0 Å². The zero-order valence-corrected chi connectivity index (χ0v) is 28.4. The highest BCUT2D eigenvalue weighted by molar-refractivity contribution is 7.27. The number of thiophene rings is 2. The lowest BCUT2D eigenvalue weighted by molar-refractivity contribution is 1.19. The summed E-state index contributed by atoms with van der Waals surface area (Å²) in [5.41, 5.74) is 7.43. The molecule has 0 atom stereocenters. The van der Waals surface area contributed by atoms with Crippen molar-refractivity contribution < 1.29 is 0 Å². The second-order valence-corrected chi connectivity index (χ2v) is 15.4. The van der Waals surface area contributed by atoms with E-state index in [-0.39, 0.29) is 0 Å². The minimum atomic E-state index is 1.19. The van der Waals surface area contributed by atoms with E-state index in [1.54, 1.807) is 0 Å². The molecule has 0 unspecified atom stereocenters. The van der Waals surface area contributed by atoms with Crippen molar-refractivity contribution in [3.63, 3.8) is 0 Å². The van der Waals surface area contributed by atoms with Crippen LogP contribution in [0.1, 0.15) is 0 Å². The summed E-state index contributed by atoms with van der Waals surface area (Å²) in [7, 11) is 0. The molecule has 0 spiro atoms. The van der Waals surface area contributed by atoms with Crippen LogP contribution >= 0.6 is 22.7 Å². The zero-order valence-electron chi connectivity index (χ0n) is 26.7. The maximum Gasteiger partial charge on any atom is 0.0719 e. The molecule has 12 rings (SSSR count). The fourth-order valence-corrected chi connectivity index (χ4v) is 11.0. The minimum absolute atomic E-state index is 1.19. The van der Waals surface area contributed by atoms with Gasteiger partial charge in [-0.3, -0.25) is 0 Å².